The Morgan fingerprint density at radius 3 is 2.45 bits per heavy atom. The van der Waals surface area contributed by atoms with Crippen molar-refractivity contribution in [2.24, 2.45) is 0 Å². The minimum absolute atomic E-state index is 0.121. The molecule has 0 saturated heterocycles. The van der Waals surface area contributed by atoms with Crippen molar-refractivity contribution in [2.45, 2.75) is 39.7 Å². The second-order valence-corrected chi connectivity index (χ2v) is 8.56. The molecule has 2 aromatic heterocycles. The summed E-state index contributed by atoms with van der Waals surface area (Å²) in [5.41, 5.74) is 3.54. The molecule has 31 heavy (non-hydrogen) atoms. The molecule has 0 aliphatic rings. The molecule has 0 aliphatic carbocycles. The Balaban J connectivity index is 1.56. The van der Waals surface area contributed by atoms with Gasteiger partial charge >= 0.3 is 11.9 Å². The molecule has 0 fully saturated rings. The van der Waals surface area contributed by atoms with Crippen LogP contribution in [0.25, 0.3) is 16.7 Å². The standard InChI is InChI=1S/C23H25N3O5/c1-14(2)21(28)30-11-10-15-6-9-20(27)19(12-15)26-24-17-8-7-16(13-18(17)25(24)26)22(29)31-23(3,4)5/h6-9,12-13,27H,1,10-11H2,2-5H3. The van der Waals surface area contributed by atoms with E-state index in [9.17, 15) is 14.7 Å². The maximum atomic E-state index is 12.4. The summed E-state index contributed by atoms with van der Waals surface area (Å²) in [7, 11) is 0. The first-order valence-corrected chi connectivity index (χ1v) is 9.99. The number of esters is 2. The van der Waals surface area contributed by atoms with Crippen molar-refractivity contribution in [1.82, 2.24) is 14.1 Å². The zero-order valence-corrected chi connectivity index (χ0v) is 18.0. The lowest BCUT2D eigenvalue weighted by molar-refractivity contribution is -0.138. The first-order valence-electron chi connectivity index (χ1n) is 9.99. The number of phenolic OH excluding ortho intramolecular Hbond substituents is 1. The highest BCUT2D eigenvalue weighted by Crippen LogP contribution is 2.32. The Morgan fingerprint density at radius 2 is 1.77 bits per heavy atom. The summed E-state index contributed by atoms with van der Waals surface area (Å²) in [5.74, 6) is -0.678. The fraction of sp³-hybridized carbons (Fsp3) is 0.304. The number of ether oxygens (including phenoxy) is 2. The number of hydrogen-bond acceptors (Lipinski definition) is 5. The number of aromatic hydroxyl groups is 1. The van der Waals surface area contributed by atoms with Crippen LogP contribution in [0.3, 0.4) is 0 Å². The predicted octanol–water partition coefficient (Wildman–Crippen LogP) is 3.74. The van der Waals surface area contributed by atoms with Gasteiger partial charge in [-0.05, 0) is 63.6 Å². The van der Waals surface area contributed by atoms with Crippen molar-refractivity contribution in [3.63, 3.8) is 0 Å². The van der Waals surface area contributed by atoms with Crippen LogP contribution in [0.4, 0.5) is 0 Å². The number of fused-ring (bicyclic) bond motifs is 4. The summed E-state index contributed by atoms with van der Waals surface area (Å²) >= 11 is 0. The number of rotatable bonds is 6. The Hall–Kier alpha value is -3.68. The molecule has 0 spiro atoms. The van der Waals surface area contributed by atoms with E-state index in [2.05, 4.69) is 6.58 Å². The Labute approximate surface area is 179 Å². The summed E-state index contributed by atoms with van der Waals surface area (Å²) < 4.78 is 14.3. The van der Waals surface area contributed by atoms with Crippen molar-refractivity contribution < 1.29 is 24.2 Å². The van der Waals surface area contributed by atoms with Crippen LogP contribution in [-0.2, 0) is 20.7 Å². The fourth-order valence-electron chi connectivity index (χ4n) is 3.28. The number of carbonyl (C=O) groups excluding carboxylic acids is 2. The summed E-state index contributed by atoms with van der Waals surface area (Å²) in [6.07, 6.45) is 0.510. The smallest absolute Gasteiger partial charge is 0.338 e. The third kappa shape index (κ3) is 3.88. The largest absolute Gasteiger partial charge is 0.506 e. The average molecular weight is 423 g/mol. The van der Waals surface area contributed by atoms with Crippen LogP contribution >= 0.6 is 0 Å². The van der Waals surface area contributed by atoms with Crippen LogP contribution in [0, 0.1) is 0 Å². The van der Waals surface area contributed by atoms with Crippen molar-refractivity contribution >= 4 is 23.0 Å². The van der Waals surface area contributed by atoms with E-state index in [0.29, 0.717) is 23.2 Å². The second-order valence-electron chi connectivity index (χ2n) is 8.56. The number of hydrogen-bond donors (Lipinski definition) is 1. The molecule has 162 valence electrons. The van der Waals surface area contributed by atoms with E-state index >= 15 is 0 Å². The van der Waals surface area contributed by atoms with Crippen LogP contribution in [0.2, 0.25) is 0 Å². The molecule has 0 bridgehead atoms. The molecule has 0 amide bonds. The molecule has 2 aromatic carbocycles. The van der Waals surface area contributed by atoms with Gasteiger partial charge in [0.15, 0.2) is 0 Å². The van der Waals surface area contributed by atoms with E-state index in [4.69, 9.17) is 9.47 Å². The zero-order chi connectivity index (χ0) is 22.5. The van der Waals surface area contributed by atoms with Crippen molar-refractivity contribution in [1.29, 1.82) is 0 Å². The second kappa shape index (κ2) is 7.23. The summed E-state index contributed by atoms with van der Waals surface area (Å²) in [5, 5.41) is 10.4. The number of aromatic nitrogens is 3. The van der Waals surface area contributed by atoms with Gasteiger partial charge < -0.3 is 14.6 Å². The van der Waals surface area contributed by atoms with E-state index in [1.54, 1.807) is 31.2 Å². The number of phenols is 1. The van der Waals surface area contributed by atoms with Gasteiger partial charge in [0.05, 0.1) is 12.2 Å². The van der Waals surface area contributed by atoms with Crippen LogP contribution in [0.15, 0.2) is 48.6 Å². The predicted molar refractivity (Wildman–Crippen MR) is 115 cm³/mol. The van der Waals surface area contributed by atoms with Gasteiger partial charge in [0.2, 0.25) is 0 Å². The highest BCUT2D eigenvalue weighted by Gasteiger charge is 2.27. The summed E-state index contributed by atoms with van der Waals surface area (Å²) in [6, 6.07) is 10.6. The molecular formula is C23H25N3O5. The lowest BCUT2D eigenvalue weighted by atomic mass is 10.1. The van der Waals surface area contributed by atoms with E-state index in [1.807, 2.05) is 47.0 Å². The van der Waals surface area contributed by atoms with Gasteiger partial charge in [-0.25, -0.2) is 9.59 Å². The van der Waals surface area contributed by atoms with Gasteiger partial charge in [-0.2, -0.15) is 0 Å². The maximum Gasteiger partial charge on any atom is 0.338 e. The van der Waals surface area contributed by atoms with Crippen LogP contribution in [0.5, 0.6) is 5.75 Å². The molecule has 0 unspecified atom stereocenters. The highest BCUT2D eigenvalue weighted by atomic mass is 16.6. The van der Waals surface area contributed by atoms with E-state index in [-0.39, 0.29) is 18.3 Å². The van der Waals surface area contributed by atoms with Gasteiger partial charge in [-0.3, -0.25) is 0 Å². The Morgan fingerprint density at radius 1 is 1.06 bits per heavy atom. The molecule has 0 atom stereocenters. The van der Waals surface area contributed by atoms with Gasteiger partial charge in [0.1, 0.15) is 28.1 Å². The Kier molecular flexibility index (Phi) is 4.80. The topological polar surface area (TPSA) is 86.6 Å². The van der Waals surface area contributed by atoms with E-state index in [1.165, 1.54) is 0 Å². The molecule has 2 heterocycles. The molecule has 0 radical (unpaired) electrons. The van der Waals surface area contributed by atoms with Gasteiger partial charge in [-0.1, -0.05) is 12.6 Å². The molecule has 1 N–H and O–H groups in total. The van der Waals surface area contributed by atoms with Crippen molar-refractivity contribution in [3.05, 3.63) is 59.7 Å². The normalized spacial score (nSPS) is 12.0. The minimum Gasteiger partial charge on any atom is -0.506 e. The molecule has 4 rings (SSSR count). The molecule has 4 aromatic rings. The highest BCUT2D eigenvalue weighted by molar-refractivity contribution is 5.94. The van der Waals surface area contributed by atoms with Gasteiger partial charge in [0.25, 0.3) is 0 Å². The SMILES string of the molecule is C=C(C)C(=O)OCCc1ccc(O)c(-n2n3c4ccc(C(=O)OC(C)(C)C)cc4n23)c1. The van der Waals surface area contributed by atoms with E-state index < -0.39 is 11.6 Å². The molecule has 8 heteroatoms. The van der Waals surface area contributed by atoms with Crippen molar-refractivity contribution in [3.8, 4) is 11.4 Å². The quantitative estimate of drug-likeness (QED) is 0.377. The number of carbonyl (C=O) groups is 2. The average Bonchev–Trinajstić information content (AvgIpc) is 3.34. The molecule has 8 nitrogen and oxygen atoms in total. The van der Waals surface area contributed by atoms with Crippen LogP contribution in [-0.4, -0.2) is 43.3 Å². The lowest BCUT2D eigenvalue weighted by Gasteiger charge is -2.19. The first-order chi connectivity index (χ1) is 14.6. The summed E-state index contributed by atoms with van der Waals surface area (Å²) in [6.45, 7) is 10.9. The fourth-order valence-corrected chi connectivity index (χ4v) is 3.28. The molecule has 0 aliphatic heterocycles. The van der Waals surface area contributed by atoms with Gasteiger partial charge in [0, 0.05) is 12.0 Å². The van der Waals surface area contributed by atoms with Crippen LogP contribution < -0.4 is 0 Å². The monoisotopic (exact) mass is 423 g/mol. The van der Waals surface area contributed by atoms with Crippen LogP contribution in [0.1, 0.15) is 43.6 Å². The Bertz CT molecular complexity index is 1300. The maximum absolute atomic E-state index is 12.4. The first kappa shape index (κ1) is 20.6. The lowest BCUT2D eigenvalue weighted by Crippen LogP contribution is -2.23. The molecule has 0 saturated carbocycles. The molecular weight excluding hydrogens is 398 g/mol. The van der Waals surface area contributed by atoms with Gasteiger partial charge in [-0.15, -0.1) is 14.1 Å². The zero-order valence-electron chi connectivity index (χ0n) is 18.0. The van der Waals surface area contributed by atoms with Crippen molar-refractivity contribution in [2.75, 3.05) is 6.61 Å². The third-order valence-corrected chi connectivity index (χ3v) is 4.78. The van der Waals surface area contributed by atoms with E-state index in [0.717, 1.165) is 16.6 Å². The summed E-state index contributed by atoms with van der Waals surface area (Å²) in [4.78, 5) is 25.7. The number of benzene rings is 2. The number of nitrogens with zero attached hydrogens (tertiary/aromatic N) is 3. The third-order valence-electron chi connectivity index (χ3n) is 4.78. The minimum atomic E-state index is -0.567.